The number of methoxy groups -OCH3 is 1. The molecule has 0 bridgehead atoms. The largest absolute Gasteiger partial charge is 0.497 e. The molecule has 0 atom stereocenters. The number of hydrogen-bond acceptors (Lipinski definition) is 4. The predicted octanol–water partition coefficient (Wildman–Crippen LogP) is 6.10. The third-order valence-electron chi connectivity index (χ3n) is 4.04. The first kappa shape index (κ1) is 22.7. The number of halogens is 5. The maximum absolute atomic E-state index is 14.4. The molecule has 164 valence electrons. The van der Waals surface area contributed by atoms with Crippen molar-refractivity contribution in [1.82, 2.24) is 0 Å². The van der Waals surface area contributed by atoms with Crippen LogP contribution in [0.2, 0.25) is 5.02 Å². The van der Waals surface area contributed by atoms with Crippen LogP contribution in [0.1, 0.15) is 5.56 Å². The zero-order valence-electron chi connectivity index (χ0n) is 15.7. The summed E-state index contributed by atoms with van der Waals surface area (Å²) in [5.74, 6) is -1.06. The van der Waals surface area contributed by atoms with Gasteiger partial charge in [-0.1, -0.05) is 11.6 Å². The second-order valence-electron chi connectivity index (χ2n) is 6.17. The molecule has 0 spiro atoms. The molecule has 0 radical (unpaired) electrons. The molecule has 31 heavy (non-hydrogen) atoms. The Morgan fingerprint density at radius 2 is 1.58 bits per heavy atom. The van der Waals surface area contributed by atoms with Crippen LogP contribution >= 0.6 is 11.6 Å². The molecular weight excluding hydrogens is 462 g/mol. The highest BCUT2D eigenvalue weighted by molar-refractivity contribution is 7.92. The van der Waals surface area contributed by atoms with Gasteiger partial charge < -0.3 is 9.47 Å². The number of nitrogens with one attached hydrogen (secondary N) is 1. The Hall–Kier alpha value is -2.98. The highest BCUT2D eigenvalue weighted by Crippen LogP contribution is 2.37. The Labute approximate surface area is 180 Å². The summed E-state index contributed by atoms with van der Waals surface area (Å²) in [7, 11) is -2.67. The zero-order chi connectivity index (χ0) is 22.8. The van der Waals surface area contributed by atoms with Crippen molar-refractivity contribution in [1.29, 1.82) is 0 Å². The first-order chi connectivity index (χ1) is 14.5. The van der Waals surface area contributed by atoms with Gasteiger partial charge in [0.2, 0.25) is 0 Å². The van der Waals surface area contributed by atoms with E-state index in [0.717, 1.165) is 24.3 Å². The summed E-state index contributed by atoms with van der Waals surface area (Å²) in [6.07, 6.45) is -4.61. The Kier molecular flexibility index (Phi) is 6.33. The molecule has 5 nitrogen and oxygen atoms in total. The lowest BCUT2D eigenvalue weighted by Gasteiger charge is -2.13. The van der Waals surface area contributed by atoms with E-state index in [-0.39, 0.29) is 27.1 Å². The Morgan fingerprint density at radius 3 is 2.16 bits per heavy atom. The van der Waals surface area contributed by atoms with E-state index in [9.17, 15) is 26.0 Å². The van der Waals surface area contributed by atoms with Crippen LogP contribution in [0.5, 0.6) is 17.2 Å². The molecule has 0 aliphatic carbocycles. The van der Waals surface area contributed by atoms with Crippen LogP contribution in [0, 0.1) is 5.82 Å². The maximum Gasteiger partial charge on any atom is 0.416 e. The van der Waals surface area contributed by atoms with Crippen LogP contribution in [0.15, 0.2) is 65.6 Å². The number of benzene rings is 3. The number of alkyl halides is 3. The summed E-state index contributed by atoms with van der Waals surface area (Å²) in [5.41, 5.74) is -1.37. The number of hydrogen-bond donors (Lipinski definition) is 1. The van der Waals surface area contributed by atoms with Crippen molar-refractivity contribution >= 4 is 27.3 Å². The normalized spacial score (nSPS) is 11.8. The molecule has 0 saturated carbocycles. The van der Waals surface area contributed by atoms with Crippen LogP contribution in [-0.4, -0.2) is 15.5 Å². The molecule has 0 aliphatic rings. The predicted molar refractivity (Wildman–Crippen MR) is 107 cm³/mol. The lowest BCUT2D eigenvalue weighted by molar-refractivity contribution is -0.137. The molecule has 0 amide bonds. The minimum Gasteiger partial charge on any atom is -0.497 e. The van der Waals surface area contributed by atoms with Crippen LogP contribution in [0.3, 0.4) is 0 Å². The van der Waals surface area contributed by atoms with E-state index in [1.54, 1.807) is 0 Å². The van der Waals surface area contributed by atoms with Gasteiger partial charge in [0.25, 0.3) is 10.0 Å². The van der Waals surface area contributed by atoms with Crippen molar-refractivity contribution in [3.05, 3.63) is 77.1 Å². The van der Waals surface area contributed by atoms with Crippen molar-refractivity contribution in [3.63, 3.8) is 0 Å². The third-order valence-corrected chi connectivity index (χ3v) is 5.73. The number of rotatable bonds is 6. The quantitative estimate of drug-likeness (QED) is 0.437. The highest BCUT2D eigenvalue weighted by Gasteiger charge is 2.31. The van der Waals surface area contributed by atoms with Gasteiger partial charge in [0, 0.05) is 6.07 Å². The molecule has 11 heteroatoms. The fraction of sp³-hybridized carbons (Fsp3) is 0.100. The minimum atomic E-state index is -4.61. The smallest absolute Gasteiger partial charge is 0.416 e. The van der Waals surface area contributed by atoms with Gasteiger partial charge in [-0.2, -0.15) is 13.2 Å². The van der Waals surface area contributed by atoms with E-state index in [2.05, 4.69) is 4.72 Å². The lowest BCUT2D eigenvalue weighted by Crippen LogP contribution is -2.14. The highest BCUT2D eigenvalue weighted by atomic mass is 35.5. The topological polar surface area (TPSA) is 64.6 Å². The van der Waals surface area contributed by atoms with E-state index >= 15 is 0 Å². The van der Waals surface area contributed by atoms with Crippen molar-refractivity contribution in [2.45, 2.75) is 11.1 Å². The summed E-state index contributed by atoms with van der Waals surface area (Å²) < 4.78 is 90.2. The molecule has 0 saturated heterocycles. The summed E-state index contributed by atoms with van der Waals surface area (Å²) in [4.78, 5) is -0.122. The van der Waals surface area contributed by atoms with Gasteiger partial charge in [0.05, 0.1) is 28.3 Å². The second kappa shape index (κ2) is 8.64. The van der Waals surface area contributed by atoms with Gasteiger partial charge >= 0.3 is 6.18 Å². The van der Waals surface area contributed by atoms with Crippen LogP contribution in [0.4, 0.5) is 23.2 Å². The van der Waals surface area contributed by atoms with E-state index in [0.29, 0.717) is 11.8 Å². The molecule has 0 heterocycles. The summed E-state index contributed by atoms with van der Waals surface area (Å²) in [6.45, 7) is 0. The van der Waals surface area contributed by atoms with Gasteiger partial charge in [0.15, 0.2) is 5.82 Å². The minimum absolute atomic E-state index is 0.113. The maximum atomic E-state index is 14.4. The average Bonchev–Trinajstić information content (AvgIpc) is 2.71. The molecular formula is C20H14ClF4NO4S. The van der Waals surface area contributed by atoms with Crippen LogP contribution in [0.25, 0.3) is 0 Å². The van der Waals surface area contributed by atoms with E-state index < -0.39 is 27.6 Å². The molecule has 0 aromatic heterocycles. The first-order valence-electron chi connectivity index (χ1n) is 8.50. The second-order valence-corrected chi connectivity index (χ2v) is 8.26. The first-order valence-corrected chi connectivity index (χ1v) is 10.4. The third kappa shape index (κ3) is 5.39. The zero-order valence-corrected chi connectivity index (χ0v) is 17.3. The fourth-order valence-corrected chi connectivity index (χ4v) is 3.71. The van der Waals surface area contributed by atoms with Crippen molar-refractivity contribution in [2.24, 2.45) is 0 Å². The van der Waals surface area contributed by atoms with Gasteiger partial charge in [-0.05, 0) is 54.6 Å². The Bertz CT molecular complexity index is 1200. The van der Waals surface area contributed by atoms with Crippen molar-refractivity contribution in [2.75, 3.05) is 11.8 Å². The van der Waals surface area contributed by atoms with Crippen LogP contribution < -0.4 is 14.2 Å². The molecule has 0 unspecified atom stereocenters. The number of anilines is 1. The summed E-state index contributed by atoms with van der Waals surface area (Å²) >= 11 is 5.86. The van der Waals surface area contributed by atoms with Gasteiger partial charge in [0.1, 0.15) is 17.2 Å². The number of ether oxygens (including phenoxy) is 2. The molecule has 1 N–H and O–H groups in total. The van der Waals surface area contributed by atoms with Crippen molar-refractivity contribution in [3.8, 4) is 17.2 Å². The molecule has 0 aliphatic heterocycles. The summed E-state index contributed by atoms with van der Waals surface area (Å²) in [6, 6.07) is 11.0. The Morgan fingerprint density at radius 1 is 0.935 bits per heavy atom. The van der Waals surface area contributed by atoms with Gasteiger partial charge in [-0.25, -0.2) is 12.8 Å². The molecule has 0 fully saturated rings. The number of sulfonamides is 1. The molecule has 3 aromatic rings. The average molecular weight is 476 g/mol. The van der Waals surface area contributed by atoms with E-state index in [1.165, 1.54) is 37.4 Å². The van der Waals surface area contributed by atoms with E-state index in [4.69, 9.17) is 21.1 Å². The molecule has 3 rings (SSSR count). The summed E-state index contributed by atoms with van der Waals surface area (Å²) in [5, 5.41) is -0.113. The monoisotopic (exact) mass is 475 g/mol. The van der Waals surface area contributed by atoms with Gasteiger partial charge in [-0.3, -0.25) is 4.72 Å². The van der Waals surface area contributed by atoms with E-state index in [1.807, 2.05) is 0 Å². The van der Waals surface area contributed by atoms with Gasteiger partial charge in [-0.15, -0.1) is 0 Å². The van der Waals surface area contributed by atoms with Crippen LogP contribution in [-0.2, 0) is 16.2 Å². The Balaban J connectivity index is 1.82. The lowest BCUT2D eigenvalue weighted by atomic mass is 10.2. The molecule has 3 aromatic carbocycles. The van der Waals surface area contributed by atoms with Crippen molar-refractivity contribution < 1.29 is 35.5 Å². The standard InChI is InChI=1S/C20H14ClF4NO4S/c1-29-13-3-6-15(7-4-13)31(27,28)26-18-9-5-14(11-17(18)22)30-19-10-12(20(23,24)25)2-8-16(19)21/h2-11,26H,1H3. The SMILES string of the molecule is COc1ccc(S(=O)(=O)Nc2ccc(Oc3cc(C(F)(F)F)ccc3Cl)cc2F)cc1. The fourth-order valence-electron chi connectivity index (χ4n) is 2.49.